The molecule has 1 aliphatic rings. The van der Waals surface area contributed by atoms with Gasteiger partial charge in [0.1, 0.15) is 5.75 Å². The Bertz CT molecular complexity index is 757. The number of aromatic nitrogens is 1. The van der Waals surface area contributed by atoms with Crippen LogP contribution in [-0.2, 0) is 6.42 Å². The molecule has 1 saturated heterocycles. The van der Waals surface area contributed by atoms with E-state index in [9.17, 15) is 9.59 Å². The van der Waals surface area contributed by atoms with Gasteiger partial charge in [-0.15, -0.1) is 0 Å². The van der Waals surface area contributed by atoms with E-state index >= 15 is 0 Å². The maximum absolute atomic E-state index is 12.4. The highest BCUT2D eigenvalue weighted by molar-refractivity contribution is 5.93. The Labute approximate surface area is 153 Å². The summed E-state index contributed by atoms with van der Waals surface area (Å²) in [6.45, 7) is 4.25. The molecule has 26 heavy (non-hydrogen) atoms. The van der Waals surface area contributed by atoms with Gasteiger partial charge in [0, 0.05) is 38.4 Å². The average molecular weight is 355 g/mol. The van der Waals surface area contributed by atoms with Gasteiger partial charge in [-0.1, -0.05) is 12.1 Å². The predicted octanol–water partition coefficient (Wildman–Crippen LogP) is 1.77. The Morgan fingerprint density at radius 2 is 1.81 bits per heavy atom. The average Bonchev–Trinajstić information content (AvgIpc) is 2.69. The maximum atomic E-state index is 12.4. The molecule has 2 heterocycles. The molecule has 6 heteroatoms. The van der Waals surface area contributed by atoms with Crippen LogP contribution in [0.2, 0.25) is 0 Å². The molecule has 2 aromatic rings. The van der Waals surface area contributed by atoms with Gasteiger partial charge in [0.25, 0.3) is 5.91 Å². The zero-order valence-corrected chi connectivity index (χ0v) is 15.1. The summed E-state index contributed by atoms with van der Waals surface area (Å²) in [5.74, 6) is 0.871. The Balaban J connectivity index is 1.41. The number of ether oxygens (including phenoxy) is 1. The number of methoxy groups -OCH3 is 1. The third-order valence-electron chi connectivity index (χ3n) is 4.79. The minimum absolute atomic E-state index is 0.0147. The highest BCUT2D eigenvalue weighted by Gasteiger charge is 2.21. The highest BCUT2D eigenvalue weighted by Crippen LogP contribution is 2.13. The molecular formula is C20H25N3O3. The van der Waals surface area contributed by atoms with Crippen molar-refractivity contribution in [3.05, 3.63) is 64.1 Å². The first-order valence-corrected chi connectivity index (χ1v) is 8.99. The van der Waals surface area contributed by atoms with E-state index in [4.69, 9.17) is 4.74 Å². The monoisotopic (exact) mass is 355 g/mol. The van der Waals surface area contributed by atoms with Crippen molar-refractivity contribution in [2.24, 2.45) is 0 Å². The summed E-state index contributed by atoms with van der Waals surface area (Å²) in [7, 11) is 1.68. The lowest BCUT2D eigenvalue weighted by atomic mass is 10.1. The number of pyridine rings is 1. The van der Waals surface area contributed by atoms with Crippen LogP contribution in [0, 0.1) is 0 Å². The maximum Gasteiger partial charge on any atom is 0.255 e. The van der Waals surface area contributed by atoms with Crippen molar-refractivity contribution in [2.45, 2.75) is 12.8 Å². The molecular weight excluding hydrogens is 330 g/mol. The summed E-state index contributed by atoms with van der Waals surface area (Å²) in [4.78, 5) is 30.4. The third-order valence-corrected chi connectivity index (χ3v) is 4.79. The summed E-state index contributed by atoms with van der Waals surface area (Å²) in [6.07, 6.45) is 3.63. The van der Waals surface area contributed by atoms with E-state index in [0.717, 1.165) is 51.3 Å². The molecule has 0 spiro atoms. The number of nitrogens with zero attached hydrogens (tertiary/aromatic N) is 2. The van der Waals surface area contributed by atoms with Crippen molar-refractivity contribution in [2.75, 3.05) is 39.8 Å². The van der Waals surface area contributed by atoms with Gasteiger partial charge in [0.15, 0.2) is 0 Å². The number of hydrogen-bond acceptors (Lipinski definition) is 4. The summed E-state index contributed by atoms with van der Waals surface area (Å²) in [5, 5.41) is 0. The van der Waals surface area contributed by atoms with E-state index in [1.54, 1.807) is 13.2 Å². The number of aromatic amines is 1. The van der Waals surface area contributed by atoms with E-state index in [0.29, 0.717) is 5.56 Å². The summed E-state index contributed by atoms with van der Waals surface area (Å²) >= 11 is 0. The van der Waals surface area contributed by atoms with Gasteiger partial charge in [0.05, 0.1) is 12.7 Å². The SMILES string of the molecule is COc1ccc(CCCN2CCN(C(=O)c3ccc(=O)[nH]c3)CC2)cc1. The van der Waals surface area contributed by atoms with Crippen LogP contribution in [0.3, 0.4) is 0 Å². The standard InChI is InChI=1S/C20H25N3O3/c1-26-18-7-4-16(5-8-18)3-2-10-22-11-13-23(14-12-22)20(25)17-6-9-19(24)21-15-17/h4-9,15H,2-3,10-14H2,1H3,(H,21,24). The lowest BCUT2D eigenvalue weighted by molar-refractivity contribution is 0.0635. The number of piperazine rings is 1. The van der Waals surface area contributed by atoms with E-state index in [1.807, 2.05) is 17.0 Å². The number of carbonyl (C=O) groups is 1. The van der Waals surface area contributed by atoms with Crippen molar-refractivity contribution >= 4 is 5.91 Å². The molecule has 0 unspecified atom stereocenters. The molecule has 1 aliphatic heterocycles. The van der Waals surface area contributed by atoms with Crippen LogP contribution >= 0.6 is 0 Å². The Morgan fingerprint density at radius 3 is 2.42 bits per heavy atom. The number of nitrogens with one attached hydrogen (secondary N) is 1. The first-order chi connectivity index (χ1) is 12.7. The van der Waals surface area contributed by atoms with Crippen molar-refractivity contribution in [1.29, 1.82) is 0 Å². The molecule has 1 aromatic carbocycles. The molecule has 0 aliphatic carbocycles. The van der Waals surface area contributed by atoms with Crippen molar-refractivity contribution in [3.63, 3.8) is 0 Å². The van der Waals surface area contributed by atoms with Crippen LogP contribution in [-0.4, -0.2) is 60.5 Å². The van der Waals surface area contributed by atoms with Gasteiger partial charge >= 0.3 is 0 Å². The van der Waals surface area contributed by atoms with Gasteiger partial charge in [-0.3, -0.25) is 14.5 Å². The molecule has 1 N–H and O–H groups in total. The third kappa shape index (κ3) is 4.73. The molecule has 0 saturated carbocycles. The first-order valence-electron chi connectivity index (χ1n) is 8.99. The zero-order valence-electron chi connectivity index (χ0n) is 15.1. The molecule has 0 atom stereocenters. The first kappa shape index (κ1) is 18.2. The molecule has 3 rings (SSSR count). The summed E-state index contributed by atoms with van der Waals surface area (Å²) < 4.78 is 5.18. The summed E-state index contributed by atoms with van der Waals surface area (Å²) in [6, 6.07) is 11.2. The van der Waals surface area contributed by atoms with Crippen molar-refractivity contribution < 1.29 is 9.53 Å². The van der Waals surface area contributed by atoms with Crippen LogP contribution in [0.1, 0.15) is 22.3 Å². The molecule has 0 radical (unpaired) electrons. The van der Waals surface area contributed by atoms with Crippen LogP contribution < -0.4 is 10.3 Å². The number of carbonyl (C=O) groups excluding carboxylic acids is 1. The number of aryl methyl sites for hydroxylation is 1. The second kappa shape index (κ2) is 8.67. The van der Waals surface area contributed by atoms with Crippen LogP contribution in [0.15, 0.2) is 47.4 Å². The lowest BCUT2D eigenvalue weighted by Crippen LogP contribution is -2.48. The van der Waals surface area contributed by atoms with E-state index in [1.165, 1.54) is 17.8 Å². The Hall–Kier alpha value is -2.60. The van der Waals surface area contributed by atoms with Crippen molar-refractivity contribution in [1.82, 2.24) is 14.8 Å². The normalized spacial score (nSPS) is 15.0. The van der Waals surface area contributed by atoms with Crippen molar-refractivity contribution in [3.8, 4) is 5.75 Å². The molecule has 1 aromatic heterocycles. The quantitative estimate of drug-likeness (QED) is 0.858. The van der Waals surface area contributed by atoms with Crippen LogP contribution in [0.5, 0.6) is 5.75 Å². The predicted molar refractivity (Wildman–Crippen MR) is 101 cm³/mol. The number of hydrogen-bond donors (Lipinski definition) is 1. The number of H-pyrrole nitrogens is 1. The second-order valence-electron chi connectivity index (χ2n) is 6.53. The van der Waals surface area contributed by atoms with E-state index in [2.05, 4.69) is 22.0 Å². The number of rotatable bonds is 6. The molecule has 138 valence electrons. The fourth-order valence-electron chi connectivity index (χ4n) is 3.20. The van der Waals surface area contributed by atoms with Crippen LogP contribution in [0.4, 0.5) is 0 Å². The highest BCUT2D eigenvalue weighted by atomic mass is 16.5. The van der Waals surface area contributed by atoms with Gasteiger partial charge < -0.3 is 14.6 Å². The Morgan fingerprint density at radius 1 is 1.08 bits per heavy atom. The number of benzene rings is 1. The Kier molecular flexibility index (Phi) is 6.07. The van der Waals surface area contributed by atoms with Gasteiger partial charge in [0.2, 0.25) is 5.56 Å². The van der Waals surface area contributed by atoms with Gasteiger partial charge in [-0.25, -0.2) is 0 Å². The van der Waals surface area contributed by atoms with Gasteiger partial charge in [-0.05, 0) is 43.1 Å². The summed E-state index contributed by atoms with van der Waals surface area (Å²) in [5.41, 5.74) is 1.67. The minimum atomic E-state index is -0.191. The minimum Gasteiger partial charge on any atom is -0.497 e. The van der Waals surface area contributed by atoms with Gasteiger partial charge in [-0.2, -0.15) is 0 Å². The van der Waals surface area contributed by atoms with E-state index < -0.39 is 0 Å². The molecule has 6 nitrogen and oxygen atoms in total. The number of amides is 1. The fraction of sp³-hybridized carbons (Fsp3) is 0.400. The van der Waals surface area contributed by atoms with E-state index in [-0.39, 0.29) is 11.5 Å². The largest absolute Gasteiger partial charge is 0.497 e. The topological polar surface area (TPSA) is 65.6 Å². The molecule has 1 amide bonds. The smallest absolute Gasteiger partial charge is 0.255 e. The zero-order chi connectivity index (χ0) is 18.4. The molecule has 1 fully saturated rings. The lowest BCUT2D eigenvalue weighted by Gasteiger charge is -2.34. The molecule has 0 bridgehead atoms. The fourth-order valence-corrected chi connectivity index (χ4v) is 3.20. The second-order valence-corrected chi connectivity index (χ2v) is 6.53. The van der Waals surface area contributed by atoms with Crippen LogP contribution in [0.25, 0.3) is 0 Å².